The van der Waals surface area contributed by atoms with Crippen LogP contribution in [0.3, 0.4) is 0 Å². The van der Waals surface area contributed by atoms with Gasteiger partial charge < -0.3 is 5.32 Å². The third-order valence-corrected chi connectivity index (χ3v) is 4.78. The van der Waals surface area contributed by atoms with E-state index in [1.54, 1.807) is 6.20 Å². The molecule has 4 nitrogen and oxygen atoms in total. The van der Waals surface area contributed by atoms with E-state index in [-0.39, 0.29) is 5.91 Å². The van der Waals surface area contributed by atoms with E-state index < -0.39 is 0 Å². The Bertz CT molecular complexity index is 975. The van der Waals surface area contributed by atoms with Gasteiger partial charge in [-0.15, -0.1) is 0 Å². The van der Waals surface area contributed by atoms with Crippen molar-refractivity contribution in [3.8, 4) is 11.3 Å². The minimum atomic E-state index is -0.161. The SMILES string of the molecule is O=C1NC(=S)S/C1=C\c1c[nH]nc1-c1ccc2ccccc2c1. The molecule has 0 unspecified atom stereocenters. The lowest BCUT2D eigenvalue weighted by Gasteiger charge is -2.02. The molecule has 0 spiro atoms. The zero-order chi connectivity index (χ0) is 15.8. The zero-order valence-corrected chi connectivity index (χ0v) is 13.5. The van der Waals surface area contributed by atoms with E-state index in [0.29, 0.717) is 9.23 Å². The number of rotatable bonds is 2. The number of nitrogens with zero attached hydrogens (tertiary/aromatic N) is 1. The number of hydrogen-bond donors (Lipinski definition) is 2. The molecule has 4 rings (SSSR count). The van der Waals surface area contributed by atoms with Crippen LogP contribution < -0.4 is 5.32 Å². The Morgan fingerprint density at radius 2 is 1.96 bits per heavy atom. The van der Waals surface area contributed by atoms with Crippen molar-refractivity contribution in [3.63, 3.8) is 0 Å². The second kappa shape index (κ2) is 5.64. The van der Waals surface area contributed by atoms with Crippen molar-refractivity contribution in [1.82, 2.24) is 15.5 Å². The Balaban J connectivity index is 1.78. The van der Waals surface area contributed by atoms with Gasteiger partial charge in [0.1, 0.15) is 4.32 Å². The van der Waals surface area contributed by atoms with E-state index in [9.17, 15) is 4.79 Å². The normalized spacial score (nSPS) is 16.3. The molecule has 0 saturated carbocycles. The summed E-state index contributed by atoms with van der Waals surface area (Å²) < 4.78 is 0.483. The lowest BCUT2D eigenvalue weighted by Crippen LogP contribution is -2.17. The first kappa shape index (κ1) is 14.2. The van der Waals surface area contributed by atoms with Gasteiger partial charge in [0.25, 0.3) is 5.91 Å². The van der Waals surface area contributed by atoms with Gasteiger partial charge in [0.15, 0.2) is 0 Å². The average Bonchev–Trinajstić information content (AvgIpc) is 3.14. The molecule has 3 aromatic rings. The first-order chi connectivity index (χ1) is 11.2. The first-order valence-corrected chi connectivity index (χ1v) is 8.21. The van der Waals surface area contributed by atoms with Crippen molar-refractivity contribution < 1.29 is 4.79 Å². The van der Waals surface area contributed by atoms with Crippen LogP contribution in [0.1, 0.15) is 5.56 Å². The van der Waals surface area contributed by atoms with Crippen LogP contribution in [0.5, 0.6) is 0 Å². The summed E-state index contributed by atoms with van der Waals surface area (Å²) >= 11 is 6.28. The van der Waals surface area contributed by atoms with Gasteiger partial charge in [-0.2, -0.15) is 5.10 Å². The molecular weight excluding hydrogens is 326 g/mol. The van der Waals surface area contributed by atoms with Crippen LogP contribution in [0.25, 0.3) is 28.1 Å². The van der Waals surface area contributed by atoms with Gasteiger partial charge in [0, 0.05) is 17.3 Å². The van der Waals surface area contributed by atoms with Gasteiger partial charge in [-0.05, 0) is 22.9 Å². The second-order valence-corrected chi connectivity index (χ2v) is 6.82. The number of aromatic nitrogens is 2. The number of amides is 1. The Kier molecular flexibility index (Phi) is 3.48. The molecule has 1 amide bonds. The molecule has 23 heavy (non-hydrogen) atoms. The predicted molar refractivity (Wildman–Crippen MR) is 97.8 cm³/mol. The topological polar surface area (TPSA) is 57.8 Å². The highest BCUT2D eigenvalue weighted by molar-refractivity contribution is 8.26. The van der Waals surface area contributed by atoms with E-state index in [2.05, 4.69) is 39.8 Å². The summed E-state index contributed by atoms with van der Waals surface area (Å²) in [7, 11) is 0. The maximum Gasteiger partial charge on any atom is 0.263 e. The monoisotopic (exact) mass is 337 g/mol. The number of carbonyl (C=O) groups excluding carboxylic acids is 1. The maximum atomic E-state index is 11.8. The number of thioether (sulfide) groups is 1. The van der Waals surface area contributed by atoms with Crippen molar-refractivity contribution >= 4 is 51.1 Å². The molecular formula is C17H11N3OS2. The van der Waals surface area contributed by atoms with Crippen LogP contribution in [0, 0.1) is 0 Å². The average molecular weight is 337 g/mol. The fourth-order valence-electron chi connectivity index (χ4n) is 2.54. The Labute approximate surface area is 142 Å². The molecule has 0 aliphatic carbocycles. The fourth-order valence-corrected chi connectivity index (χ4v) is 3.57. The molecule has 1 fully saturated rings. The third kappa shape index (κ3) is 2.67. The van der Waals surface area contributed by atoms with Gasteiger partial charge in [-0.25, -0.2) is 0 Å². The number of hydrogen-bond acceptors (Lipinski definition) is 4. The lowest BCUT2D eigenvalue weighted by atomic mass is 10.0. The summed E-state index contributed by atoms with van der Waals surface area (Å²) in [5.41, 5.74) is 2.68. The molecule has 2 aromatic carbocycles. The highest BCUT2D eigenvalue weighted by atomic mass is 32.2. The third-order valence-electron chi connectivity index (χ3n) is 3.62. The van der Waals surface area contributed by atoms with E-state index >= 15 is 0 Å². The number of thiocarbonyl (C=S) groups is 1. The molecule has 0 atom stereocenters. The van der Waals surface area contributed by atoms with Crippen molar-refractivity contribution in [3.05, 3.63) is 59.1 Å². The zero-order valence-electron chi connectivity index (χ0n) is 11.9. The smallest absolute Gasteiger partial charge is 0.263 e. The Hall–Kier alpha value is -2.44. The molecule has 6 heteroatoms. The summed E-state index contributed by atoms with van der Waals surface area (Å²) in [6.07, 6.45) is 3.60. The first-order valence-electron chi connectivity index (χ1n) is 6.98. The molecule has 112 valence electrons. The van der Waals surface area contributed by atoms with Crippen LogP contribution in [0.15, 0.2) is 53.6 Å². The van der Waals surface area contributed by atoms with Crippen LogP contribution in [0.2, 0.25) is 0 Å². The second-order valence-electron chi connectivity index (χ2n) is 5.10. The predicted octanol–water partition coefficient (Wildman–Crippen LogP) is 3.72. The number of benzene rings is 2. The van der Waals surface area contributed by atoms with E-state index in [0.717, 1.165) is 22.2 Å². The fraction of sp³-hybridized carbons (Fsp3) is 0. The molecule has 0 bridgehead atoms. The standard InChI is InChI=1S/C17H11N3OS2/c21-16-14(23-17(22)19-16)8-13-9-18-20-15(13)12-6-5-10-3-1-2-4-11(10)7-12/h1-9H,(H,18,20)(H,19,21,22)/b14-8-. The van der Waals surface area contributed by atoms with Gasteiger partial charge >= 0.3 is 0 Å². The summed E-state index contributed by atoms with van der Waals surface area (Å²) in [4.78, 5) is 12.4. The van der Waals surface area contributed by atoms with E-state index in [1.807, 2.05) is 24.3 Å². The van der Waals surface area contributed by atoms with Crippen LogP contribution >= 0.6 is 24.0 Å². The van der Waals surface area contributed by atoms with Crippen LogP contribution in [-0.2, 0) is 4.79 Å². The number of nitrogens with one attached hydrogen (secondary N) is 2. The number of H-pyrrole nitrogens is 1. The van der Waals surface area contributed by atoms with Gasteiger partial charge in [0.05, 0.1) is 10.6 Å². The molecule has 2 N–H and O–H groups in total. The van der Waals surface area contributed by atoms with Gasteiger partial charge in [0.2, 0.25) is 0 Å². The van der Waals surface area contributed by atoms with Crippen LogP contribution in [-0.4, -0.2) is 20.4 Å². The number of fused-ring (bicyclic) bond motifs is 1. The molecule has 1 saturated heterocycles. The minimum Gasteiger partial charge on any atom is -0.307 e. The molecule has 1 aliphatic rings. The van der Waals surface area contributed by atoms with Gasteiger partial charge in [-0.1, -0.05) is 60.4 Å². The largest absolute Gasteiger partial charge is 0.307 e. The highest BCUT2D eigenvalue weighted by Crippen LogP contribution is 2.30. The molecule has 1 aromatic heterocycles. The summed E-state index contributed by atoms with van der Waals surface area (Å²) in [6.45, 7) is 0. The summed E-state index contributed by atoms with van der Waals surface area (Å²) in [5, 5.41) is 12.2. The van der Waals surface area contributed by atoms with Crippen molar-refractivity contribution in [2.24, 2.45) is 0 Å². The molecule has 0 radical (unpaired) electrons. The molecule has 1 aliphatic heterocycles. The quantitative estimate of drug-likeness (QED) is 0.553. The van der Waals surface area contributed by atoms with Crippen LogP contribution in [0.4, 0.5) is 0 Å². The number of carbonyl (C=O) groups is 1. The highest BCUT2D eigenvalue weighted by Gasteiger charge is 2.22. The van der Waals surface area contributed by atoms with Gasteiger partial charge in [-0.3, -0.25) is 9.89 Å². The van der Waals surface area contributed by atoms with Crippen molar-refractivity contribution in [1.29, 1.82) is 0 Å². The number of aromatic amines is 1. The van der Waals surface area contributed by atoms with Crippen molar-refractivity contribution in [2.45, 2.75) is 0 Å². The Morgan fingerprint density at radius 1 is 1.13 bits per heavy atom. The summed E-state index contributed by atoms with van der Waals surface area (Å²) in [6, 6.07) is 14.4. The Morgan fingerprint density at radius 3 is 2.74 bits per heavy atom. The van der Waals surface area contributed by atoms with Crippen molar-refractivity contribution in [2.75, 3.05) is 0 Å². The minimum absolute atomic E-state index is 0.161. The molecule has 2 heterocycles. The lowest BCUT2D eigenvalue weighted by molar-refractivity contribution is -0.115. The maximum absolute atomic E-state index is 11.8. The van der Waals surface area contributed by atoms with E-state index in [4.69, 9.17) is 12.2 Å². The summed E-state index contributed by atoms with van der Waals surface area (Å²) in [5.74, 6) is -0.161. The van der Waals surface area contributed by atoms with E-state index in [1.165, 1.54) is 17.1 Å².